The molecule has 0 bridgehead atoms. The molecule has 0 spiro atoms. The molecule has 2 rings (SSSR count). The van der Waals surface area contributed by atoms with Crippen molar-refractivity contribution in [3.8, 4) is 0 Å². The molecule has 0 aromatic carbocycles. The zero-order valence-electron chi connectivity index (χ0n) is 17.5. The predicted octanol–water partition coefficient (Wildman–Crippen LogP) is 5.17. The molecule has 0 radical (unpaired) electrons. The number of hydrogen-bond acceptors (Lipinski definition) is 4. The van der Waals surface area contributed by atoms with Crippen molar-refractivity contribution >= 4 is 11.9 Å². The monoisotopic (exact) mass is 361 g/mol. The van der Waals surface area contributed by atoms with Crippen LogP contribution in [0, 0.1) is 0 Å². The van der Waals surface area contributed by atoms with Crippen LogP contribution >= 0.6 is 0 Å². The van der Waals surface area contributed by atoms with Crippen molar-refractivity contribution in [3.63, 3.8) is 0 Å². The summed E-state index contributed by atoms with van der Waals surface area (Å²) >= 11 is 0. The van der Waals surface area contributed by atoms with Gasteiger partial charge in [0.2, 0.25) is 0 Å². The molecule has 0 unspecified atom stereocenters. The Balaban J connectivity index is 2.44. The second-order valence-corrected chi connectivity index (χ2v) is 8.51. The molecule has 1 aromatic rings. The number of anilines is 1. The average Bonchev–Trinajstić information content (AvgIpc) is 3.03. The van der Waals surface area contributed by atoms with E-state index >= 15 is 0 Å². The van der Waals surface area contributed by atoms with E-state index in [1.807, 2.05) is 26.8 Å². The molecule has 1 aliphatic heterocycles. The van der Waals surface area contributed by atoms with Crippen LogP contribution in [0.2, 0.25) is 0 Å². The molecule has 5 nitrogen and oxygen atoms in total. The highest BCUT2D eigenvalue weighted by Gasteiger charge is 2.34. The zero-order valence-corrected chi connectivity index (χ0v) is 17.5. The zero-order chi connectivity index (χ0) is 19.5. The number of aromatic nitrogens is 1. The lowest BCUT2D eigenvalue weighted by Gasteiger charge is -2.35. The van der Waals surface area contributed by atoms with Gasteiger partial charge in [-0.2, -0.15) is 0 Å². The van der Waals surface area contributed by atoms with Gasteiger partial charge in [0.15, 0.2) is 0 Å². The summed E-state index contributed by atoms with van der Waals surface area (Å²) in [6.07, 6.45) is 4.56. The number of likely N-dealkylation sites (tertiary alicyclic amines) is 1. The second kappa shape index (κ2) is 8.38. The normalized spacial score (nSPS) is 19.6. The van der Waals surface area contributed by atoms with Crippen LogP contribution in [0.1, 0.15) is 79.3 Å². The number of amides is 1. The van der Waals surface area contributed by atoms with E-state index in [0.29, 0.717) is 12.1 Å². The van der Waals surface area contributed by atoms with Gasteiger partial charge in [0.1, 0.15) is 11.4 Å². The molecule has 1 amide bonds. The van der Waals surface area contributed by atoms with E-state index in [0.717, 1.165) is 30.8 Å². The molecular formula is C21H35N3O2. The van der Waals surface area contributed by atoms with Crippen molar-refractivity contribution in [3.05, 3.63) is 23.9 Å². The summed E-state index contributed by atoms with van der Waals surface area (Å²) in [6, 6.07) is 4.88. The molecule has 1 aliphatic rings. The predicted molar refractivity (Wildman–Crippen MR) is 107 cm³/mol. The molecule has 1 aromatic heterocycles. The van der Waals surface area contributed by atoms with Crippen molar-refractivity contribution < 1.29 is 9.53 Å². The largest absolute Gasteiger partial charge is 0.443 e. The third-order valence-corrected chi connectivity index (χ3v) is 4.98. The fourth-order valence-corrected chi connectivity index (χ4v) is 3.58. The van der Waals surface area contributed by atoms with Crippen LogP contribution in [-0.2, 0) is 4.74 Å². The molecule has 26 heavy (non-hydrogen) atoms. The van der Waals surface area contributed by atoms with Gasteiger partial charge in [0.05, 0.1) is 0 Å². The Bertz CT molecular complexity index is 610. The first kappa shape index (κ1) is 20.7. The number of ether oxygens (including phenoxy) is 1. The van der Waals surface area contributed by atoms with Crippen LogP contribution in [0.25, 0.3) is 0 Å². The smallest absolute Gasteiger partial charge is 0.416 e. The quantitative estimate of drug-likeness (QED) is 0.726. The van der Waals surface area contributed by atoms with Crippen molar-refractivity contribution in [1.82, 2.24) is 9.88 Å². The van der Waals surface area contributed by atoms with Gasteiger partial charge in [-0.25, -0.2) is 9.78 Å². The SMILES string of the molecule is CC[C@H](C)N(C(=O)OC(C)(C)C)c1ncccc1[C@@H]1CCCN1C(C)C. The third kappa shape index (κ3) is 4.76. The fraction of sp³-hybridized carbons (Fsp3) is 0.714. The van der Waals surface area contributed by atoms with E-state index < -0.39 is 5.60 Å². The molecule has 1 fully saturated rings. The van der Waals surface area contributed by atoms with Crippen LogP contribution in [-0.4, -0.2) is 40.2 Å². The van der Waals surface area contributed by atoms with Crippen molar-refractivity contribution in [1.29, 1.82) is 0 Å². The average molecular weight is 362 g/mol. The van der Waals surface area contributed by atoms with Gasteiger partial charge in [-0.1, -0.05) is 13.0 Å². The summed E-state index contributed by atoms with van der Waals surface area (Å²) in [5.41, 5.74) is 0.597. The molecule has 146 valence electrons. The highest BCUT2D eigenvalue weighted by atomic mass is 16.6. The number of carbonyl (C=O) groups excluding carboxylic acids is 1. The molecule has 0 N–H and O–H groups in total. The number of rotatable bonds is 5. The lowest BCUT2D eigenvalue weighted by Crippen LogP contribution is -2.43. The fourth-order valence-electron chi connectivity index (χ4n) is 3.58. The second-order valence-electron chi connectivity index (χ2n) is 8.51. The Morgan fingerprint density at radius 2 is 2.08 bits per heavy atom. The maximum atomic E-state index is 13.0. The summed E-state index contributed by atoms with van der Waals surface area (Å²) in [7, 11) is 0. The number of pyridine rings is 1. The van der Waals surface area contributed by atoms with E-state index in [-0.39, 0.29) is 12.1 Å². The molecule has 2 heterocycles. The van der Waals surface area contributed by atoms with Gasteiger partial charge in [0, 0.05) is 29.9 Å². The minimum Gasteiger partial charge on any atom is -0.443 e. The van der Waals surface area contributed by atoms with E-state index in [1.54, 1.807) is 11.1 Å². The summed E-state index contributed by atoms with van der Waals surface area (Å²) in [6.45, 7) is 15.4. The maximum absolute atomic E-state index is 13.0. The summed E-state index contributed by atoms with van der Waals surface area (Å²) < 4.78 is 5.70. The molecule has 5 heteroatoms. The van der Waals surface area contributed by atoms with Gasteiger partial charge < -0.3 is 4.74 Å². The first-order chi connectivity index (χ1) is 12.2. The number of nitrogens with zero attached hydrogens (tertiary/aromatic N) is 3. The lowest BCUT2D eigenvalue weighted by molar-refractivity contribution is 0.0565. The summed E-state index contributed by atoms with van der Waals surface area (Å²) in [5.74, 6) is 0.744. The van der Waals surface area contributed by atoms with Crippen molar-refractivity contribution in [2.75, 3.05) is 11.4 Å². The van der Waals surface area contributed by atoms with Crippen LogP contribution in [0.4, 0.5) is 10.6 Å². The third-order valence-electron chi connectivity index (χ3n) is 4.98. The highest BCUT2D eigenvalue weighted by molar-refractivity contribution is 5.88. The molecule has 1 saturated heterocycles. The van der Waals surface area contributed by atoms with Crippen LogP contribution in [0.15, 0.2) is 18.3 Å². The summed E-state index contributed by atoms with van der Waals surface area (Å²) in [4.78, 5) is 21.9. The van der Waals surface area contributed by atoms with E-state index in [9.17, 15) is 4.79 Å². The molecule has 0 aliphatic carbocycles. The van der Waals surface area contributed by atoms with Crippen LogP contribution in [0.5, 0.6) is 0 Å². The number of carbonyl (C=O) groups is 1. The Morgan fingerprint density at radius 1 is 1.38 bits per heavy atom. The Morgan fingerprint density at radius 3 is 2.65 bits per heavy atom. The highest BCUT2D eigenvalue weighted by Crippen LogP contribution is 2.38. The van der Waals surface area contributed by atoms with Crippen LogP contribution in [0.3, 0.4) is 0 Å². The lowest BCUT2D eigenvalue weighted by atomic mass is 10.0. The van der Waals surface area contributed by atoms with E-state index in [2.05, 4.69) is 43.6 Å². The van der Waals surface area contributed by atoms with Gasteiger partial charge >= 0.3 is 6.09 Å². The van der Waals surface area contributed by atoms with Crippen molar-refractivity contribution in [2.24, 2.45) is 0 Å². The first-order valence-electron chi connectivity index (χ1n) is 9.88. The van der Waals surface area contributed by atoms with Gasteiger partial charge in [0.25, 0.3) is 0 Å². The maximum Gasteiger partial charge on any atom is 0.416 e. The minimum absolute atomic E-state index is 0.0207. The topological polar surface area (TPSA) is 45.7 Å². The number of hydrogen-bond donors (Lipinski definition) is 0. The standard InChI is InChI=1S/C21H35N3O2/c1-8-16(4)24(20(25)26-21(5,6)7)19-17(11-9-13-22-19)18-12-10-14-23(18)15(2)3/h9,11,13,15-16,18H,8,10,12,14H2,1-7H3/t16-,18-/m0/s1. The summed E-state index contributed by atoms with van der Waals surface area (Å²) in [5, 5.41) is 0. The Labute approximate surface area is 158 Å². The molecular weight excluding hydrogens is 326 g/mol. The van der Waals surface area contributed by atoms with E-state index in [4.69, 9.17) is 4.74 Å². The van der Waals surface area contributed by atoms with Crippen LogP contribution < -0.4 is 4.90 Å². The van der Waals surface area contributed by atoms with Gasteiger partial charge in [-0.05, 0) is 73.4 Å². The minimum atomic E-state index is -0.533. The first-order valence-corrected chi connectivity index (χ1v) is 9.88. The van der Waals surface area contributed by atoms with Crippen molar-refractivity contribution in [2.45, 2.75) is 91.5 Å². The van der Waals surface area contributed by atoms with E-state index in [1.165, 1.54) is 6.42 Å². The molecule has 2 atom stereocenters. The Hall–Kier alpha value is -1.62. The molecule has 0 saturated carbocycles. The Kier molecular flexibility index (Phi) is 6.67. The van der Waals surface area contributed by atoms with Gasteiger partial charge in [-0.15, -0.1) is 0 Å². The van der Waals surface area contributed by atoms with Gasteiger partial charge in [-0.3, -0.25) is 9.80 Å².